The van der Waals surface area contributed by atoms with Gasteiger partial charge in [0.2, 0.25) is 0 Å². The van der Waals surface area contributed by atoms with E-state index in [1.807, 2.05) is 12.3 Å². The van der Waals surface area contributed by atoms with Crippen LogP contribution in [0.3, 0.4) is 0 Å². The van der Waals surface area contributed by atoms with Crippen molar-refractivity contribution in [3.63, 3.8) is 0 Å². The monoisotopic (exact) mass is 492 g/mol. The second-order valence-corrected chi connectivity index (χ2v) is 9.30. The maximum atomic E-state index is 12.4. The molecule has 0 N–H and O–H groups in total. The van der Waals surface area contributed by atoms with Gasteiger partial charge in [-0.15, -0.1) is 0 Å². The van der Waals surface area contributed by atoms with E-state index in [2.05, 4.69) is 57.7 Å². The average molecular weight is 493 g/mol. The van der Waals surface area contributed by atoms with Gasteiger partial charge in [0.05, 0.1) is 31.0 Å². The Labute approximate surface area is 215 Å². The highest BCUT2D eigenvalue weighted by Crippen LogP contribution is 2.35. The quantitative estimate of drug-likeness (QED) is 0.279. The lowest BCUT2D eigenvalue weighted by Crippen LogP contribution is -2.08. The van der Waals surface area contributed by atoms with Crippen LogP contribution in [0.4, 0.5) is 0 Å². The first kappa shape index (κ1) is 23.0. The van der Waals surface area contributed by atoms with E-state index in [4.69, 9.17) is 19.4 Å². The van der Waals surface area contributed by atoms with Crippen molar-refractivity contribution >= 4 is 34.1 Å². The van der Waals surface area contributed by atoms with Crippen molar-refractivity contribution in [2.24, 2.45) is 0 Å². The molecule has 7 heteroatoms. The lowest BCUT2D eigenvalue weighted by Gasteiger charge is -2.15. The Kier molecular flexibility index (Phi) is 5.96. The first-order valence-corrected chi connectivity index (χ1v) is 12.5. The number of benzene rings is 2. The van der Waals surface area contributed by atoms with Gasteiger partial charge in [-0.2, -0.15) is 0 Å². The molecule has 1 aliphatic rings. The first-order chi connectivity index (χ1) is 18.2. The molecule has 0 amide bonds. The zero-order valence-corrected chi connectivity index (χ0v) is 21.0. The van der Waals surface area contributed by atoms with Crippen molar-refractivity contribution in [1.82, 2.24) is 19.1 Å². The third-order valence-electron chi connectivity index (χ3n) is 6.94. The molecule has 0 saturated heterocycles. The Morgan fingerprint density at radius 1 is 1.00 bits per heavy atom. The molecule has 0 radical (unpaired) electrons. The highest BCUT2D eigenvalue weighted by Gasteiger charge is 2.23. The van der Waals surface area contributed by atoms with E-state index in [-0.39, 0.29) is 0 Å². The standard InChI is InChI=1S/C30H28N4O3/c1-36-26-18-23(30(35)37-2)16-24-27(26)34-19-21-11-7-10-20(15-21)9-5-3-4-6-14-33-25(29(34)32-24)17-22-12-8-13-31-28(22)33/h5,7-13,15-18H,3-4,6,14,19H2,1-2H3/b9-5-. The highest BCUT2D eigenvalue weighted by atomic mass is 16.5. The summed E-state index contributed by atoms with van der Waals surface area (Å²) in [7, 11) is 2.99. The van der Waals surface area contributed by atoms with Crippen LogP contribution < -0.4 is 4.74 Å². The molecule has 186 valence electrons. The van der Waals surface area contributed by atoms with E-state index in [9.17, 15) is 4.79 Å². The van der Waals surface area contributed by atoms with Crippen molar-refractivity contribution in [2.45, 2.75) is 32.4 Å². The van der Waals surface area contributed by atoms with E-state index < -0.39 is 5.97 Å². The molecule has 7 nitrogen and oxygen atoms in total. The number of aromatic nitrogens is 4. The Hall–Kier alpha value is -4.39. The molecule has 2 bridgehead atoms. The first-order valence-electron chi connectivity index (χ1n) is 12.5. The van der Waals surface area contributed by atoms with Gasteiger partial charge in [-0.05, 0) is 66.8 Å². The number of rotatable bonds is 2. The van der Waals surface area contributed by atoms with Crippen LogP contribution in [-0.2, 0) is 17.8 Å². The summed E-state index contributed by atoms with van der Waals surface area (Å²) in [6, 6.07) is 18.3. The zero-order chi connectivity index (χ0) is 25.4. The number of pyridine rings is 1. The highest BCUT2D eigenvalue weighted by molar-refractivity contribution is 5.97. The van der Waals surface area contributed by atoms with Gasteiger partial charge in [-0.3, -0.25) is 0 Å². The molecule has 0 saturated carbocycles. The van der Waals surface area contributed by atoms with Crippen molar-refractivity contribution in [3.8, 4) is 17.3 Å². The fourth-order valence-electron chi connectivity index (χ4n) is 5.20. The molecule has 2 aromatic carbocycles. The van der Waals surface area contributed by atoms with Gasteiger partial charge in [0, 0.05) is 24.7 Å². The summed E-state index contributed by atoms with van der Waals surface area (Å²) >= 11 is 0. The summed E-state index contributed by atoms with van der Waals surface area (Å²) in [5, 5.41) is 1.07. The number of allylic oxidation sites excluding steroid dienone is 1. The number of carbonyl (C=O) groups excluding carboxylic acids is 1. The van der Waals surface area contributed by atoms with Gasteiger partial charge in [0.1, 0.15) is 16.9 Å². The van der Waals surface area contributed by atoms with Crippen LogP contribution in [0.2, 0.25) is 0 Å². The maximum absolute atomic E-state index is 12.4. The second-order valence-electron chi connectivity index (χ2n) is 9.30. The van der Waals surface area contributed by atoms with E-state index in [0.29, 0.717) is 23.4 Å². The second kappa shape index (κ2) is 9.58. The largest absolute Gasteiger partial charge is 0.494 e. The van der Waals surface area contributed by atoms with Gasteiger partial charge in [0.15, 0.2) is 5.82 Å². The predicted molar refractivity (Wildman–Crippen MR) is 145 cm³/mol. The number of nitrogens with zero attached hydrogens (tertiary/aromatic N) is 4. The van der Waals surface area contributed by atoms with Crippen LogP contribution in [0.15, 0.2) is 66.9 Å². The molecule has 5 aromatic rings. The van der Waals surface area contributed by atoms with Gasteiger partial charge < -0.3 is 18.6 Å². The molecule has 1 aliphatic heterocycles. The van der Waals surface area contributed by atoms with Crippen LogP contribution in [0, 0.1) is 0 Å². The molecule has 37 heavy (non-hydrogen) atoms. The number of aryl methyl sites for hydroxylation is 1. The molecular weight excluding hydrogens is 464 g/mol. The zero-order valence-electron chi connectivity index (χ0n) is 21.0. The normalized spacial score (nSPS) is 14.5. The number of methoxy groups -OCH3 is 2. The van der Waals surface area contributed by atoms with Gasteiger partial charge >= 0.3 is 5.97 Å². The Balaban J connectivity index is 1.66. The summed E-state index contributed by atoms with van der Waals surface area (Å²) in [6.45, 7) is 1.43. The molecule has 0 atom stereocenters. The molecule has 0 unspecified atom stereocenters. The molecule has 0 aliphatic carbocycles. The van der Waals surface area contributed by atoms with Crippen molar-refractivity contribution in [3.05, 3.63) is 83.6 Å². The topological polar surface area (TPSA) is 71.2 Å². The summed E-state index contributed by atoms with van der Waals surface area (Å²) in [6.07, 6.45) is 9.42. The van der Waals surface area contributed by atoms with E-state index in [1.165, 1.54) is 12.7 Å². The van der Waals surface area contributed by atoms with Crippen molar-refractivity contribution < 1.29 is 14.3 Å². The Morgan fingerprint density at radius 3 is 2.78 bits per heavy atom. The molecule has 6 rings (SSSR count). The summed E-state index contributed by atoms with van der Waals surface area (Å²) < 4.78 is 15.2. The third kappa shape index (κ3) is 4.16. The predicted octanol–water partition coefficient (Wildman–Crippen LogP) is 6.09. The summed E-state index contributed by atoms with van der Waals surface area (Å²) in [5.41, 5.74) is 6.20. The van der Waals surface area contributed by atoms with Crippen LogP contribution in [0.5, 0.6) is 5.75 Å². The van der Waals surface area contributed by atoms with Crippen LogP contribution in [0.1, 0.15) is 40.7 Å². The number of esters is 1. The minimum atomic E-state index is -0.424. The molecule has 3 aromatic heterocycles. The fraction of sp³-hybridized carbons (Fsp3) is 0.233. The minimum absolute atomic E-state index is 0.406. The summed E-state index contributed by atoms with van der Waals surface area (Å²) in [5.74, 6) is 0.966. The van der Waals surface area contributed by atoms with Crippen LogP contribution in [0.25, 0.3) is 39.7 Å². The molecule has 0 fully saturated rings. The average Bonchev–Trinajstić information content (AvgIpc) is 3.47. The smallest absolute Gasteiger partial charge is 0.338 e. The summed E-state index contributed by atoms with van der Waals surface area (Å²) in [4.78, 5) is 22.2. The van der Waals surface area contributed by atoms with E-state index in [0.717, 1.165) is 59.4 Å². The van der Waals surface area contributed by atoms with Gasteiger partial charge in [-0.1, -0.05) is 30.4 Å². The molecule has 0 spiro atoms. The van der Waals surface area contributed by atoms with Gasteiger partial charge in [-0.25, -0.2) is 14.8 Å². The number of hydrogen-bond acceptors (Lipinski definition) is 5. The number of fused-ring (bicyclic) bond motifs is 9. The lowest BCUT2D eigenvalue weighted by atomic mass is 10.1. The molecular formula is C30H28N4O3. The van der Waals surface area contributed by atoms with E-state index in [1.54, 1.807) is 19.2 Å². The molecule has 4 heterocycles. The number of hydrogen-bond donors (Lipinski definition) is 0. The Bertz CT molecular complexity index is 1660. The lowest BCUT2D eigenvalue weighted by molar-refractivity contribution is 0.0600. The van der Waals surface area contributed by atoms with E-state index >= 15 is 0 Å². The number of carbonyl (C=O) groups is 1. The van der Waals surface area contributed by atoms with Crippen molar-refractivity contribution in [2.75, 3.05) is 14.2 Å². The van der Waals surface area contributed by atoms with Crippen LogP contribution in [-0.4, -0.2) is 39.3 Å². The Morgan fingerprint density at radius 2 is 1.92 bits per heavy atom. The minimum Gasteiger partial charge on any atom is -0.494 e. The number of ether oxygens (including phenoxy) is 2. The van der Waals surface area contributed by atoms with Gasteiger partial charge in [0.25, 0.3) is 0 Å². The fourth-order valence-corrected chi connectivity index (χ4v) is 5.20. The van der Waals surface area contributed by atoms with Crippen molar-refractivity contribution in [1.29, 1.82) is 0 Å². The van der Waals surface area contributed by atoms with Crippen LogP contribution >= 0.6 is 0 Å². The maximum Gasteiger partial charge on any atom is 0.338 e. The SMILES string of the molecule is COC(=O)c1cc(OC)c2c(c1)nc1n2Cc2cccc(c2)/C=C\CCCCn2c-1cc1cccnc12. The third-order valence-corrected chi connectivity index (χ3v) is 6.94. The number of imidazole rings is 1.